The molecule has 0 spiro atoms. The molecule has 0 saturated heterocycles. The molecule has 0 atom stereocenters. The fraction of sp³-hybridized carbons (Fsp3) is 0.0952. The molecule has 0 aliphatic carbocycles. The lowest BCUT2D eigenvalue weighted by atomic mass is 10.1. The van der Waals surface area contributed by atoms with Crippen molar-refractivity contribution in [1.29, 1.82) is 0 Å². The summed E-state index contributed by atoms with van der Waals surface area (Å²) in [5, 5.41) is 3.78. The summed E-state index contributed by atoms with van der Waals surface area (Å²) in [6.07, 6.45) is 0. The Morgan fingerprint density at radius 3 is 2.89 bits per heavy atom. The smallest absolute Gasteiger partial charge is 0.251 e. The molecule has 0 unspecified atom stereocenters. The molecule has 3 heterocycles. The Kier molecular flexibility index (Phi) is 3.77. The summed E-state index contributed by atoms with van der Waals surface area (Å²) in [6.45, 7) is 2.21. The van der Waals surface area contributed by atoms with Crippen LogP contribution in [-0.2, 0) is 6.54 Å². The quantitative estimate of drug-likeness (QED) is 0.445. The van der Waals surface area contributed by atoms with Gasteiger partial charge in [0.25, 0.3) is 5.91 Å². The standard InChI is InChI=1S/C21H16N4O2S/c1-12-6-8-14(27-12)11-22-20(26)13-7-9-15-17(10-13)24-21(28)25-18-5-3-2-4-16(18)23-19(15)25/h2-10H,11H2,1H3,(H,22,26)(H,24,28). The van der Waals surface area contributed by atoms with Gasteiger partial charge in [0, 0.05) is 10.9 Å². The number of benzene rings is 2. The molecule has 7 heteroatoms. The number of carbonyl (C=O) groups excluding carboxylic acids is 1. The zero-order valence-electron chi connectivity index (χ0n) is 15.0. The molecule has 28 heavy (non-hydrogen) atoms. The van der Waals surface area contributed by atoms with Crippen LogP contribution in [-0.4, -0.2) is 20.3 Å². The zero-order chi connectivity index (χ0) is 19.3. The highest BCUT2D eigenvalue weighted by atomic mass is 32.1. The summed E-state index contributed by atoms with van der Waals surface area (Å²) in [7, 11) is 0. The van der Waals surface area contributed by atoms with Crippen molar-refractivity contribution in [3.63, 3.8) is 0 Å². The van der Waals surface area contributed by atoms with E-state index >= 15 is 0 Å². The van der Waals surface area contributed by atoms with Gasteiger partial charge in [-0.15, -0.1) is 0 Å². The van der Waals surface area contributed by atoms with Crippen molar-refractivity contribution in [2.45, 2.75) is 13.5 Å². The number of rotatable bonds is 3. The lowest BCUT2D eigenvalue weighted by molar-refractivity contribution is 0.0948. The van der Waals surface area contributed by atoms with Crippen LogP contribution >= 0.6 is 12.2 Å². The molecule has 0 bridgehead atoms. The fourth-order valence-corrected chi connectivity index (χ4v) is 3.71. The van der Waals surface area contributed by atoms with Crippen molar-refractivity contribution < 1.29 is 9.21 Å². The van der Waals surface area contributed by atoms with Gasteiger partial charge in [0.05, 0.1) is 23.1 Å². The van der Waals surface area contributed by atoms with Crippen molar-refractivity contribution in [3.05, 3.63) is 76.5 Å². The van der Waals surface area contributed by atoms with Gasteiger partial charge in [-0.1, -0.05) is 12.1 Å². The van der Waals surface area contributed by atoms with E-state index < -0.39 is 0 Å². The minimum absolute atomic E-state index is 0.177. The number of aromatic amines is 1. The lowest BCUT2D eigenvalue weighted by Crippen LogP contribution is -2.22. The summed E-state index contributed by atoms with van der Waals surface area (Å²) < 4.78 is 7.95. The second-order valence-corrected chi connectivity index (χ2v) is 7.03. The zero-order valence-corrected chi connectivity index (χ0v) is 15.8. The summed E-state index contributed by atoms with van der Waals surface area (Å²) >= 11 is 5.54. The number of nitrogens with one attached hydrogen (secondary N) is 2. The van der Waals surface area contributed by atoms with Crippen molar-refractivity contribution >= 4 is 45.7 Å². The average molecular weight is 388 g/mol. The first-order valence-corrected chi connectivity index (χ1v) is 9.28. The van der Waals surface area contributed by atoms with Crippen molar-refractivity contribution in [2.75, 3.05) is 0 Å². The summed E-state index contributed by atoms with van der Waals surface area (Å²) in [5.41, 5.74) is 3.93. The summed E-state index contributed by atoms with van der Waals surface area (Å²) in [6, 6.07) is 17.1. The van der Waals surface area contributed by atoms with Crippen molar-refractivity contribution in [2.24, 2.45) is 0 Å². The average Bonchev–Trinajstić information content (AvgIpc) is 3.29. The Labute approximate surface area is 164 Å². The highest BCUT2D eigenvalue weighted by Crippen LogP contribution is 2.24. The van der Waals surface area contributed by atoms with Crippen LogP contribution in [0.4, 0.5) is 0 Å². The first-order chi connectivity index (χ1) is 13.6. The van der Waals surface area contributed by atoms with E-state index in [4.69, 9.17) is 21.6 Å². The van der Waals surface area contributed by atoms with Gasteiger partial charge in [-0.3, -0.25) is 9.20 Å². The molecule has 0 aliphatic rings. The molecule has 2 aromatic carbocycles. The monoisotopic (exact) mass is 388 g/mol. The fourth-order valence-electron chi connectivity index (χ4n) is 3.42. The molecule has 5 aromatic rings. The lowest BCUT2D eigenvalue weighted by Gasteiger charge is -2.07. The minimum Gasteiger partial charge on any atom is -0.465 e. The normalized spacial score (nSPS) is 11.5. The number of hydrogen-bond acceptors (Lipinski definition) is 4. The Morgan fingerprint density at radius 1 is 1.21 bits per heavy atom. The number of para-hydroxylation sites is 2. The molecule has 6 nitrogen and oxygen atoms in total. The maximum Gasteiger partial charge on any atom is 0.251 e. The molecule has 0 aliphatic heterocycles. The first kappa shape index (κ1) is 16.7. The van der Waals surface area contributed by atoms with Crippen LogP contribution in [0.3, 0.4) is 0 Å². The number of fused-ring (bicyclic) bond motifs is 5. The van der Waals surface area contributed by atoms with Crippen LogP contribution in [0.2, 0.25) is 0 Å². The second kappa shape index (κ2) is 6.31. The van der Waals surface area contributed by atoms with E-state index in [0.717, 1.165) is 39.1 Å². The van der Waals surface area contributed by atoms with Crippen LogP contribution in [0.25, 0.3) is 27.6 Å². The van der Waals surface area contributed by atoms with Crippen LogP contribution < -0.4 is 5.32 Å². The largest absolute Gasteiger partial charge is 0.465 e. The molecule has 0 saturated carbocycles. The number of H-pyrrole nitrogens is 1. The van der Waals surface area contributed by atoms with Gasteiger partial charge in [0.15, 0.2) is 4.77 Å². The van der Waals surface area contributed by atoms with E-state index in [2.05, 4.69) is 10.3 Å². The minimum atomic E-state index is -0.177. The van der Waals surface area contributed by atoms with Gasteiger partial charge in [0.2, 0.25) is 0 Å². The second-order valence-electron chi connectivity index (χ2n) is 6.65. The van der Waals surface area contributed by atoms with E-state index in [1.54, 1.807) is 12.1 Å². The topological polar surface area (TPSA) is 75.3 Å². The summed E-state index contributed by atoms with van der Waals surface area (Å²) in [4.78, 5) is 20.5. The molecule has 2 N–H and O–H groups in total. The van der Waals surface area contributed by atoms with Crippen LogP contribution in [0.5, 0.6) is 0 Å². The molecule has 5 rings (SSSR count). The highest BCUT2D eigenvalue weighted by molar-refractivity contribution is 7.71. The Morgan fingerprint density at radius 2 is 2.07 bits per heavy atom. The van der Waals surface area contributed by atoms with Crippen molar-refractivity contribution in [1.82, 2.24) is 19.7 Å². The van der Waals surface area contributed by atoms with Gasteiger partial charge in [-0.2, -0.15) is 0 Å². The number of aryl methyl sites for hydroxylation is 1. The van der Waals surface area contributed by atoms with Gasteiger partial charge in [-0.25, -0.2) is 4.98 Å². The Hall–Kier alpha value is -3.45. The Balaban J connectivity index is 1.55. The molecule has 1 amide bonds. The van der Waals surface area contributed by atoms with Crippen molar-refractivity contribution in [3.8, 4) is 0 Å². The van der Waals surface area contributed by atoms with Gasteiger partial charge >= 0.3 is 0 Å². The highest BCUT2D eigenvalue weighted by Gasteiger charge is 2.12. The summed E-state index contributed by atoms with van der Waals surface area (Å²) in [5.74, 6) is 1.36. The number of imidazole rings is 1. The van der Waals surface area contributed by atoms with Gasteiger partial charge in [0.1, 0.15) is 17.2 Å². The van der Waals surface area contributed by atoms with Gasteiger partial charge < -0.3 is 14.7 Å². The number of aromatic nitrogens is 3. The SMILES string of the molecule is Cc1ccc(CNC(=O)c2ccc3c(c2)[nH]c(=S)n2c4ccccc4nc32)o1. The number of hydrogen-bond donors (Lipinski definition) is 2. The third-order valence-electron chi connectivity index (χ3n) is 4.75. The third-order valence-corrected chi connectivity index (χ3v) is 5.03. The maximum atomic E-state index is 12.5. The molecule has 138 valence electrons. The van der Waals surface area contributed by atoms with E-state index in [-0.39, 0.29) is 5.91 Å². The predicted molar refractivity (Wildman–Crippen MR) is 110 cm³/mol. The van der Waals surface area contributed by atoms with E-state index in [9.17, 15) is 4.79 Å². The molecule has 0 fully saturated rings. The predicted octanol–water partition coefficient (Wildman–Crippen LogP) is 4.53. The van der Waals surface area contributed by atoms with Crippen LogP contribution in [0.15, 0.2) is 59.0 Å². The molecular formula is C21H16N4O2S. The number of amides is 1. The first-order valence-electron chi connectivity index (χ1n) is 8.87. The Bertz CT molecular complexity index is 1430. The molecular weight excluding hydrogens is 372 g/mol. The van der Waals surface area contributed by atoms with E-state index in [1.165, 1.54) is 0 Å². The third kappa shape index (κ3) is 2.68. The number of furan rings is 1. The van der Waals surface area contributed by atoms with Gasteiger partial charge in [-0.05, 0) is 61.6 Å². The number of nitrogens with zero attached hydrogens (tertiary/aromatic N) is 2. The molecule has 3 aromatic heterocycles. The maximum absolute atomic E-state index is 12.5. The van der Waals surface area contributed by atoms with E-state index in [1.807, 2.05) is 53.8 Å². The van der Waals surface area contributed by atoms with Crippen LogP contribution in [0.1, 0.15) is 21.9 Å². The molecule has 0 radical (unpaired) electrons. The van der Waals surface area contributed by atoms with Crippen LogP contribution in [0, 0.1) is 11.7 Å². The number of carbonyl (C=O) groups is 1. The van der Waals surface area contributed by atoms with E-state index in [0.29, 0.717) is 16.9 Å².